The fourth-order valence-corrected chi connectivity index (χ4v) is 1.14. The molecule has 1 aromatic carbocycles. The minimum absolute atomic E-state index is 0. The first-order chi connectivity index (χ1) is 6.07. The predicted molar refractivity (Wildman–Crippen MR) is 52.6 cm³/mol. The van der Waals surface area contributed by atoms with Crippen LogP contribution in [0.5, 0.6) is 5.75 Å². The molecule has 0 aromatic heterocycles. The fraction of sp³-hybridized carbons (Fsp3) is 0.222. The van der Waals surface area contributed by atoms with E-state index in [2.05, 4.69) is 0 Å². The Hall–Kier alpha value is -1.31. The Morgan fingerprint density at radius 3 is 2.57 bits per heavy atom. The van der Waals surface area contributed by atoms with E-state index in [0.29, 0.717) is 0 Å². The van der Waals surface area contributed by atoms with Gasteiger partial charge in [0.25, 0.3) is 0 Å². The smallest absolute Gasteiger partial charge is 0.165 e. The van der Waals surface area contributed by atoms with E-state index in [9.17, 15) is 9.50 Å². The van der Waals surface area contributed by atoms with Gasteiger partial charge in [-0.05, 0) is 19.1 Å². The zero-order valence-corrected chi connectivity index (χ0v) is 8.31. The number of rotatable bonds is 1. The standard InChI is InChI=1S/C9H9FN2O.ClH/c1-5(12)8-6(4-11)2-3-7(10)9(8)13;/h2-3,5,13H,12H2,1H3;1H/t5-;/m0./s1. The van der Waals surface area contributed by atoms with E-state index in [1.807, 2.05) is 6.07 Å². The van der Waals surface area contributed by atoms with Gasteiger partial charge in [0.05, 0.1) is 11.6 Å². The topological polar surface area (TPSA) is 70.0 Å². The van der Waals surface area contributed by atoms with Crippen molar-refractivity contribution in [3.63, 3.8) is 0 Å². The molecule has 1 atom stereocenters. The van der Waals surface area contributed by atoms with Gasteiger partial charge in [0.2, 0.25) is 0 Å². The molecule has 76 valence electrons. The minimum atomic E-state index is -0.758. The zero-order chi connectivity index (χ0) is 10.0. The van der Waals surface area contributed by atoms with Crippen LogP contribution in [0, 0.1) is 17.1 Å². The summed E-state index contributed by atoms with van der Waals surface area (Å²) in [7, 11) is 0. The van der Waals surface area contributed by atoms with E-state index in [1.54, 1.807) is 6.92 Å². The number of benzene rings is 1. The van der Waals surface area contributed by atoms with Crippen LogP contribution >= 0.6 is 12.4 Å². The summed E-state index contributed by atoms with van der Waals surface area (Å²) in [6.45, 7) is 1.58. The number of nitrogens with zero attached hydrogens (tertiary/aromatic N) is 1. The first kappa shape index (κ1) is 12.7. The summed E-state index contributed by atoms with van der Waals surface area (Å²) in [6.07, 6.45) is 0. The Bertz CT molecular complexity index is 374. The number of hydrogen-bond donors (Lipinski definition) is 2. The normalized spacial score (nSPS) is 11.3. The summed E-state index contributed by atoms with van der Waals surface area (Å²) in [5, 5.41) is 17.9. The highest BCUT2D eigenvalue weighted by atomic mass is 35.5. The molecular formula is C9H10ClFN2O. The Labute approximate surface area is 87.4 Å². The van der Waals surface area contributed by atoms with Gasteiger partial charge in [-0.2, -0.15) is 5.26 Å². The van der Waals surface area contributed by atoms with Crippen molar-refractivity contribution in [2.24, 2.45) is 5.73 Å². The molecule has 1 rings (SSSR count). The maximum atomic E-state index is 12.8. The molecule has 0 aliphatic rings. The monoisotopic (exact) mass is 216 g/mol. The molecule has 0 heterocycles. The number of nitriles is 1. The Morgan fingerprint density at radius 2 is 2.14 bits per heavy atom. The lowest BCUT2D eigenvalue weighted by molar-refractivity contribution is 0.422. The second-order valence-electron chi connectivity index (χ2n) is 2.76. The van der Waals surface area contributed by atoms with Crippen molar-refractivity contribution < 1.29 is 9.50 Å². The van der Waals surface area contributed by atoms with Crippen LogP contribution in [-0.4, -0.2) is 5.11 Å². The lowest BCUT2D eigenvalue weighted by atomic mass is 10.0. The zero-order valence-electron chi connectivity index (χ0n) is 7.49. The maximum absolute atomic E-state index is 12.8. The molecule has 3 nitrogen and oxygen atoms in total. The molecule has 0 fully saturated rings. The summed E-state index contributed by atoms with van der Waals surface area (Å²) in [5.41, 5.74) is 5.84. The summed E-state index contributed by atoms with van der Waals surface area (Å²) >= 11 is 0. The third-order valence-corrected chi connectivity index (χ3v) is 1.74. The van der Waals surface area contributed by atoms with Crippen LogP contribution in [0.25, 0.3) is 0 Å². The molecule has 0 radical (unpaired) electrons. The van der Waals surface area contributed by atoms with Gasteiger partial charge in [-0.15, -0.1) is 12.4 Å². The van der Waals surface area contributed by atoms with Crippen molar-refractivity contribution in [1.82, 2.24) is 0 Å². The molecule has 3 N–H and O–H groups in total. The maximum Gasteiger partial charge on any atom is 0.165 e. The van der Waals surface area contributed by atoms with Gasteiger partial charge >= 0.3 is 0 Å². The van der Waals surface area contributed by atoms with Gasteiger partial charge in [-0.25, -0.2) is 4.39 Å². The van der Waals surface area contributed by atoms with Crippen molar-refractivity contribution in [1.29, 1.82) is 5.26 Å². The highest BCUT2D eigenvalue weighted by molar-refractivity contribution is 5.85. The van der Waals surface area contributed by atoms with Crippen LogP contribution in [0.3, 0.4) is 0 Å². The molecule has 14 heavy (non-hydrogen) atoms. The van der Waals surface area contributed by atoms with Crippen LogP contribution in [0.2, 0.25) is 0 Å². The molecular weight excluding hydrogens is 207 g/mol. The Balaban J connectivity index is 0.00000169. The van der Waals surface area contributed by atoms with Crippen molar-refractivity contribution in [2.45, 2.75) is 13.0 Å². The van der Waals surface area contributed by atoms with Crippen LogP contribution in [0.4, 0.5) is 4.39 Å². The van der Waals surface area contributed by atoms with E-state index in [4.69, 9.17) is 11.0 Å². The lowest BCUT2D eigenvalue weighted by Gasteiger charge is -2.10. The highest BCUT2D eigenvalue weighted by Crippen LogP contribution is 2.28. The SMILES string of the molecule is C[C@H](N)c1c(C#N)ccc(F)c1O.Cl. The van der Waals surface area contributed by atoms with Gasteiger partial charge in [-0.3, -0.25) is 0 Å². The molecule has 0 aliphatic heterocycles. The van der Waals surface area contributed by atoms with Gasteiger partial charge < -0.3 is 10.8 Å². The number of phenols is 1. The molecule has 0 saturated heterocycles. The third kappa shape index (κ3) is 2.13. The Morgan fingerprint density at radius 1 is 1.57 bits per heavy atom. The molecule has 5 heteroatoms. The first-order valence-electron chi connectivity index (χ1n) is 3.75. The largest absolute Gasteiger partial charge is 0.505 e. The summed E-state index contributed by atoms with van der Waals surface area (Å²) in [5.74, 6) is -1.29. The second-order valence-corrected chi connectivity index (χ2v) is 2.76. The van der Waals surface area contributed by atoms with Crippen molar-refractivity contribution >= 4 is 12.4 Å². The van der Waals surface area contributed by atoms with Crippen molar-refractivity contribution in [3.8, 4) is 11.8 Å². The molecule has 1 aromatic rings. The van der Waals surface area contributed by atoms with Gasteiger partial charge in [-0.1, -0.05) is 0 Å². The van der Waals surface area contributed by atoms with E-state index in [1.165, 1.54) is 6.07 Å². The molecule has 0 bridgehead atoms. The van der Waals surface area contributed by atoms with E-state index in [0.717, 1.165) is 6.07 Å². The van der Waals surface area contributed by atoms with Gasteiger partial charge in [0.15, 0.2) is 11.6 Å². The Kier molecular flexibility index (Phi) is 4.35. The first-order valence-corrected chi connectivity index (χ1v) is 3.75. The predicted octanol–water partition coefficient (Wildman–Crippen LogP) is 1.84. The molecule has 0 unspecified atom stereocenters. The number of phenolic OH excluding ortho intramolecular Hbond substituents is 1. The van der Waals surface area contributed by atoms with Gasteiger partial charge in [0.1, 0.15) is 0 Å². The minimum Gasteiger partial charge on any atom is -0.505 e. The van der Waals surface area contributed by atoms with E-state index >= 15 is 0 Å². The third-order valence-electron chi connectivity index (χ3n) is 1.74. The quantitative estimate of drug-likeness (QED) is 0.753. The highest BCUT2D eigenvalue weighted by Gasteiger charge is 2.15. The van der Waals surface area contributed by atoms with E-state index in [-0.39, 0.29) is 23.5 Å². The average Bonchev–Trinajstić information content (AvgIpc) is 2.08. The molecule has 0 saturated carbocycles. The number of halogens is 2. The summed E-state index contributed by atoms with van der Waals surface area (Å²) in [4.78, 5) is 0. The molecule has 0 amide bonds. The second kappa shape index (κ2) is 4.80. The number of nitrogens with two attached hydrogens (primary N) is 1. The lowest BCUT2D eigenvalue weighted by Crippen LogP contribution is -2.08. The summed E-state index contributed by atoms with van der Waals surface area (Å²) < 4.78 is 12.8. The van der Waals surface area contributed by atoms with Gasteiger partial charge in [0, 0.05) is 11.6 Å². The van der Waals surface area contributed by atoms with Crippen LogP contribution in [0.15, 0.2) is 12.1 Å². The van der Waals surface area contributed by atoms with E-state index < -0.39 is 17.6 Å². The van der Waals surface area contributed by atoms with Crippen LogP contribution < -0.4 is 5.73 Å². The van der Waals surface area contributed by atoms with Crippen molar-refractivity contribution in [3.05, 3.63) is 29.1 Å². The van der Waals surface area contributed by atoms with Crippen LogP contribution in [0.1, 0.15) is 24.1 Å². The van der Waals surface area contributed by atoms with Crippen LogP contribution in [-0.2, 0) is 0 Å². The average molecular weight is 217 g/mol. The summed E-state index contributed by atoms with van der Waals surface area (Å²) in [6, 6.07) is 3.61. The molecule has 0 spiro atoms. The fourth-order valence-electron chi connectivity index (χ4n) is 1.14. The number of hydrogen-bond acceptors (Lipinski definition) is 3. The van der Waals surface area contributed by atoms with Crippen molar-refractivity contribution in [2.75, 3.05) is 0 Å². The molecule has 0 aliphatic carbocycles. The number of aromatic hydroxyl groups is 1.